The topological polar surface area (TPSA) is 46.2 Å². The first-order valence-corrected chi connectivity index (χ1v) is 10.4. The minimum atomic E-state index is 0.587. The molecule has 4 nitrogen and oxygen atoms in total. The average molecular weight is 418 g/mol. The molecular weight excluding hydrogens is 398 g/mol. The van der Waals surface area contributed by atoms with Crippen molar-refractivity contribution in [3.63, 3.8) is 0 Å². The highest BCUT2D eigenvalue weighted by Crippen LogP contribution is 2.29. The van der Waals surface area contributed by atoms with E-state index in [1.807, 2.05) is 54.2 Å². The lowest BCUT2D eigenvalue weighted by Crippen LogP contribution is -2.30. The summed E-state index contributed by atoms with van der Waals surface area (Å²) in [4.78, 5) is 4.40. The van der Waals surface area contributed by atoms with Crippen molar-refractivity contribution in [2.75, 3.05) is 24.7 Å². The first kappa shape index (κ1) is 19.7. The second-order valence-corrected chi connectivity index (χ2v) is 7.66. The number of nitrogens with zero attached hydrogens (tertiary/aromatic N) is 1. The van der Waals surface area contributed by atoms with Gasteiger partial charge in [0.1, 0.15) is 11.3 Å². The Hall–Kier alpha value is -2.02. The van der Waals surface area contributed by atoms with E-state index >= 15 is 0 Å². The minimum absolute atomic E-state index is 0.587. The number of pyridine rings is 1. The predicted molar refractivity (Wildman–Crippen MR) is 120 cm³/mol. The molecule has 2 aromatic carbocycles. The molecule has 7 heteroatoms. The molecule has 0 saturated carbocycles. The monoisotopic (exact) mass is 417 g/mol. The molecule has 0 saturated heterocycles. The molecule has 0 amide bonds. The molecule has 0 aliphatic rings. The molecule has 140 valence electrons. The van der Waals surface area contributed by atoms with Crippen LogP contribution in [-0.4, -0.2) is 29.5 Å². The van der Waals surface area contributed by atoms with Crippen molar-refractivity contribution in [2.45, 2.75) is 5.75 Å². The second-order valence-electron chi connectivity index (χ2n) is 5.74. The summed E-state index contributed by atoms with van der Waals surface area (Å²) in [5, 5.41) is 8.86. The zero-order chi connectivity index (χ0) is 19.1. The number of fused-ring (bicyclic) bond motifs is 1. The molecule has 0 spiro atoms. The Bertz CT molecular complexity index is 936. The molecule has 2 N–H and O–H groups in total. The fourth-order valence-electron chi connectivity index (χ4n) is 2.62. The summed E-state index contributed by atoms with van der Waals surface area (Å²) in [6, 6.07) is 15.7. The summed E-state index contributed by atoms with van der Waals surface area (Å²) in [6.45, 7) is 0.771. The Morgan fingerprint density at radius 1 is 1.19 bits per heavy atom. The van der Waals surface area contributed by atoms with Crippen LogP contribution in [0.15, 0.2) is 54.7 Å². The van der Waals surface area contributed by atoms with E-state index in [1.165, 1.54) is 0 Å². The van der Waals surface area contributed by atoms with Crippen LogP contribution >= 0.6 is 35.6 Å². The molecule has 0 radical (unpaired) electrons. The number of hydrogen-bond acceptors (Lipinski definition) is 4. The zero-order valence-electron chi connectivity index (χ0n) is 14.9. The quantitative estimate of drug-likeness (QED) is 0.411. The number of methoxy groups -OCH3 is 1. The van der Waals surface area contributed by atoms with Gasteiger partial charge in [-0.15, -0.1) is 0 Å². The third-order valence-electron chi connectivity index (χ3n) is 3.95. The molecule has 27 heavy (non-hydrogen) atoms. The highest BCUT2D eigenvalue weighted by atomic mass is 35.5. The molecule has 1 heterocycles. The smallest absolute Gasteiger partial charge is 0.170 e. The first-order chi connectivity index (χ1) is 13.2. The van der Waals surface area contributed by atoms with Crippen molar-refractivity contribution in [1.82, 2.24) is 10.3 Å². The van der Waals surface area contributed by atoms with E-state index in [1.54, 1.807) is 13.3 Å². The fourth-order valence-corrected chi connectivity index (χ4v) is 3.98. The standard InChI is InChI=1S/C20H20ClN3OS2/c1-25-18-9-8-17(15-6-4-10-22-19(15)18)24-20(26)23-11-12-27-13-14-5-2-3-7-16(14)21/h2-10H,11-13H2,1H3,(H2,23,24,26). The van der Waals surface area contributed by atoms with Gasteiger partial charge in [-0.05, 0) is 48.1 Å². The number of nitrogens with one attached hydrogen (secondary N) is 2. The van der Waals surface area contributed by atoms with Crippen molar-refractivity contribution in [3.05, 3.63) is 65.3 Å². The molecule has 0 aliphatic carbocycles. The lowest BCUT2D eigenvalue weighted by Gasteiger charge is -2.13. The number of anilines is 1. The molecule has 0 aliphatic heterocycles. The lowest BCUT2D eigenvalue weighted by molar-refractivity contribution is 0.419. The Balaban J connectivity index is 1.50. The molecule has 0 fully saturated rings. The minimum Gasteiger partial charge on any atom is -0.494 e. The Morgan fingerprint density at radius 3 is 2.85 bits per heavy atom. The summed E-state index contributed by atoms with van der Waals surface area (Å²) in [5.41, 5.74) is 2.87. The van der Waals surface area contributed by atoms with Crippen LogP contribution in [0.5, 0.6) is 5.75 Å². The van der Waals surface area contributed by atoms with Gasteiger partial charge in [0.15, 0.2) is 5.11 Å². The van der Waals surface area contributed by atoms with E-state index in [9.17, 15) is 0 Å². The summed E-state index contributed by atoms with van der Waals surface area (Å²) < 4.78 is 5.37. The van der Waals surface area contributed by atoms with Crippen LogP contribution in [0.3, 0.4) is 0 Å². The van der Waals surface area contributed by atoms with Gasteiger partial charge < -0.3 is 15.4 Å². The summed E-state index contributed by atoms with van der Waals surface area (Å²) in [7, 11) is 1.64. The predicted octanol–water partition coefficient (Wildman–Crippen LogP) is 5.12. The van der Waals surface area contributed by atoms with Crippen LogP contribution in [0.2, 0.25) is 5.02 Å². The number of halogens is 1. The van der Waals surface area contributed by atoms with Gasteiger partial charge in [0.2, 0.25) is 0 Å². The molecule has 0 bridgehead atoms. The van der Waals surface area contributed by atoms with Crippen molar-refractivity contribution < 1.29 is 4.74 Å². The van der Waals surface area contributed by atoms with Gasteiger partial charge in [-0.25, -0.2) is 0 Å². The highest BCUT2D eigenvalue weighted by Gasteiger charge is 2.08. The third kappa shape index (κ3) is 5.25. The van der Waals surface area contributed by atoms with Crippen LogP contribution in [0.25, 0.3) is 10.9 Å². The van der Waals surface area contributed by atoms with Crippen LogP contribution in [0, 0.1) is 0 Å². The summed E-state index contributed by atoms with van der Waals surface area (Å²) in [6.07, 6.45) is 1.75. The molecule has 0 atom stereocenters. The fraction of sp³-hybridized carbons (Fsp3) is 0.200. The van der Waals surface area contributed by atoms with Crippen LogP contribution in [0.1, 0.15) is 5.56 Å². The first-order valence-electron chi connectivity index (χ1n) is 8.47. The maximum Gasteiger partial charge on any atom is 0.170 e. The van der Waals surface area contributed by atoms with E-state index in [4.69, 9.17) is 28.6 Å². The summed E-state index contributed by atoms with van der Waals surface area (Å²) >= 11 is 13.4. The van der Waals surface area contributed by atoms with E-state index < -0.39 is 0 Å². The molecule has 3 aromatic rings. The van der Waals surface area contributed by atoms with Gasteiger partial charge in [-0.2, -0.15) is 11.8 Å². The van der Waals surface area contributed by atoms with E-state index in [-0.39, 0.29) is 0 Å². The number of hydrogen-bond donors (Lipinski definition) is 2. The number of rotatable bonds is 7. The van der Waals surface area contributed by atoms with Gasteiger partial charge in [-0.1, -0.05) is 29.8 Å². The van der Waals surface area contributed by atoms with Crippen molar-refractivity contribution in [3.8, 4) is 5.75 Å². The summed E-state index contributed by atoms with van der Waals surface area (Å²) in [5.74, 6) is 2.56. The SMILES string of the molecule is COc1ccc(NC(=S)NCCSCc2ccccc2Cl)c2cccnc12. The van der Waals surface area contributed by atoms with Crippen LogP contribution < -0.4 is 15.4 Å². The maximum atomic E-state index is 6.17. The van der Waals surface area contributed by atoms with E-state index in [0.29, 0.717) is 5.11 Å². The van der Waals surface area contributed by atoms with Gasteiger partial charge in [-0.3, -0.25) is 4.98 Å². The van der Waals surface area contributed by atoms with Crippen LogP contribution in [-0.2, 0) is 5.75 Å². The second kappa shape index (κ2) is 9.78. The van der Waals surface area contributed by atoms with E-state index in [2.05, 4.69) is 21.7 Å². The highest BCUT2D eigenvalue weighted by molar-refractivity contribution is 7.98. The molecule has 3 rings (SSSR count). The third-order valence-corrected chi connectivity index (χ3v) is 5.57. The van der Waals surface area contributed by atoms with Gasteiger partial charge in [0.25, 0.3) is 0 Å². The zero-order valence-corrected chi connectivity index (χ0v) is 17.3. The van der Waals surface area contributed by atoms with Crippen molar-refractivity contribution in [1.29, 1.82) is 0 Å². The molecule has 1 aromatic heterocycles. The van der Waals surface area contributed by atoms with Crippen LogP contribution in [0.4, 0.5) is 5.69 Å². The van der Waals surface area contributed by atoms with Crippen molar-refractivity contribution >= 4 is 57.3 Å². The van der Waals surface area contributed by atoms with Gasteiger partial charge >= 0.3 is 0 Å². The molecule has 0 unspecified atom stereocenters. The largest absolute Gasteiger partial charge is 0.494 e. The van der Waals surface area contributed by atoms with Gasteiger partial charge in [0.05, 0.1) is 7.11 Å². The number of thiocarbonyl (C=S) groups is 1. The Morgan fingerprint density at radius 2 is 2.04 bits per heavy atom. The maximum absolute atomic E-state index is 6.17. The van der Waals surface area contributed by atoms with Gasteiger partial charge in [0, 0.05) is 40.3 Å². The van der Waals surface area contributed by atoms with Crippen molar-refractivity contribution in [2.24, 2.45) is 0 Å². The number of thioether (sulfide) groups is 1. The Labute approximate surface area is 173 Å². The average Bonchev–Trinajstić information content (AvgIpc) is 2.69. The lowest BCUT2D eigenvalue weighted by atomic mass is 10.1. The van der Waals surface area contributed by atoms with E-state index in [0.717, 1.165) is 51.0 Å². The number of aromatic nitrogens is 1. The molecular formula is C20H20ClN3OS2. The number of benzene rings is 2. The Kier molecular flexibility index (Phi) is 7.15. The number of ether oxygens (including phenoxy) is 1. The normalized spacial score (nSPS) is 10.6.